The molecular formula is C16H22INO. The Balaban J connectivity index is 1.86. The maximum Gasteiger partial charge on any atom is 0.227 e. The molecule has 0 saturated carbocycles. The van der Waals surface area contributed by atoms with Gasteiger partial charge in [-0.3, -0.25) is 4.79 Å². The highest BCUT2D eigenvalue weighted by Crippen LogP contribution is 2.31. The van der Waals surface area contributed by atoms with E-state index in [9.17, 15) is 4.79 Å². The normalized spacial score (nSPS) is 17.8. The maximum atomic E-state index is 12.3. The molecule has 0 bridgehead atoms. The van der Waals surface area contributed by atoms with Crippen LogP contribution in [0.15, 0.2) is 24.3 Å². The van der Waals surface area contributed by atoms with Crippen LogP contribution in [-0.4, -0.2) is 16.9 Å². The van der Waals surface area contributed by atoms with Gasteiger partial charge >= 0.3 is 0 Å². The van der Waals surface area contributed by atoms with Crippen molar-refractivity contribution in [3.63, 3.8) is 0 Å². The van der Waals surface area contributed by atoms with Crippen molar-refractivity contribution >= 4 is 28.5 Å². The molecule has 0 saturated heterocycles. The molecule has 1 amide bonds. The summed E-state index contributed by atoms with van der Waals surface area (Å²) in [4.78, 5) is 12.3. The van der Waals surface area contributed by atoms with Crippen LogP contribution in [0.1, 0.15) is 49.1 Å². The lowest BCUT2D eigenvalue weighted by molar-refractivity contribution is -0.122. The molecule has 19 heavy (non-hydrogen) atoms. The van der Waals surface area contributed by atoms with Crippen LogP contribution in [0.5, 0.6) is 0 Å². The molecule has 1 aromatic rings. The van der Waals surface area contributed by atoms with Crippen molar-refractivity contribution in [3.05, 3.63) is 35.4 Å². The van der Waals surface area contributed by atoms with Gasteiger partial charge < -0.3 is 5.32 Å². The monoisotopic (exact) mass is 371 g/mol. The van der Waals surface area contributed by atoms with E-state index in [1.54, 1.807) is 0 Å². The highest BCUT2D eigenvalue weighted by molar-refractivity contribution is 14.1. The third-order valence-electron chi connectivity index (χ3n) is 3.80. The SMILES string of the molecule is O=C(NCCCCCI)C1CCCc2ccccc21. The third kappa shape index (κ3) is 4.20. The lowest BCUT2D eigenvalue weighted by Crippen LogP contribution is -2.32. The molecule has 1 aliphatic rings. The van der Waals surface area contributed by atoms with Crippen LogP contribution in [0.25, 0.3) is 0 Å². The van der Waals surface area contributed by atoms with Crippen molar-refractivity contribution in [2.45, 2.75) is 44.4 Å². The lowest BCUT2D eigenvalue weighted by Gasteiger charge is -2.24. The highest BCUT2D eigenvalue weighted by atomic mass is 127. The van der Waals surface area contributed by atoms with Gasteiger partial charge in [0.25, 0.3) is 0 Å². The van der Waals surface area contributed by atoms with Crippen LogP contribution in [0, 0.1) is 0 Å². The summed E-state index contributed by atoms with van der Waals surface area (Å²) in [6.07, 6.45) is 6.81. The Labute approximate surface area is 129 Å². The Morgan fingerprint density at radius 1 is 1.26 bits per heavy atom. The first-order valence-electron chi connectivity index (χ1n) is 7.24. The van der Waals surface area contributed by atoms with E-state index in [1.807, 2.05) is 6.07 Å². The number of aryl methyl sites for hydroxylation is 1. The molecule has 0 fully saturated rings. The molecule has 0 aliphatic heterocycles. The number of alkyl halides is 1. The molecule has 2 nitrogen and oxygen atoms in total. The second kappa shape index (κ2) is 7.88. The molecule has 1 unspecified atom stereocenters. The molecule has 1 aliphatic carbocycles. The van der Waals surface area contributed by atoms with Gasteiger partial charge in [0.1, 0.15) is 0 Å². The second-order valence-corrected chi connectivity index (χ2v) is 6.26. The minimum atomic E-state index is 0.0783. The first kappa shape index (κ1) is 14.8. The number of unbranched alkanes of at least 4 members (excludes halogenated alkanes) is 2. The molecule has 1 N–H and O–H groups in total. The fourth-order valence-corrected chi connectivity index (χ4v) is 3.30. The highest BCUT2D eigenvalue weighted by Gasteiger charge is 2.25. The Kier molecular flexibility index (Phi) is 6.14. The maximum absolute atomic E-state index is 12.3. The number of halogens is 1. The van der Waals surface area contributed by atoms with E-state index < -0.39 is 0 Å². The van der Waals surface area contributed by atoms with Crippen LogP contribution in [-0.2, 0) is 11.2 Å². The Morgan fingerprint density at radius 3 is 2.95 bits per heavy atom. The van der Waals surface area contributed by atoms with E-state index in [-0.39, 0.29) is 11.8 Å². The molecule has 1 aromatic carbocycles. The topological polar surface area (TPSA) is 29.1 Å². The molecule has 3 heteroatoms. The largest absolute Gasteiger partial charge is 0.356 e. The van der Waals surface area contributed by atoms with E-state index in [1.165, 1.54) is 28.4 Å². The van der Waals surface area contributed by atoms with Crippen LogP contribution >= 0.6 is 22.6 Å². The number of amides is 1. The molecule has 1 atom stereocenters. The number of benzene rings is 1. The number of nitrogens with one attached hydrogen (secondary N) is 1. The standard InChI is InChI=1S/C16H22INO/c17-11-4-1-5-12-18-16(19)15-10-6-8-13-7-2-3-9-14(13)15/h2-3,7,9,15H,1,4-6,8,10-12H2,(H,18,19). The van der Waals surface area contributed by atoms with Gasteiger partial charge in [0.05, 0.1) is 5.92 Å². The molecule has 104 valence electrons. The van der Waals surface area contributed by atoms with E-state index in [2.05, 4.69) is 46.1 Å². The summed E-state index contributed by atoms with van der Waals surface area (Å²) in [5, 5.41) is 3.11. The first-order chi connectivity index (χ1) is 9.33. The molecule has 2 rings (SSSR count). The molecule has 0 aromatic heterocycles. The first-order valence-corrected chi connectivity index (χ1v) is 8.77. The zero-order valence-electron chi connectivity index (χ0n) is 11.3. The number of hydrogen-bond acceptors (Lipinski definition) is 1. The second-order valence-electron chi connectivity index (χ2n) is 5.18. The van der Waals surface area contributed by atoms with Gasteiger partial charge in [0, 0.05) is 6.54 Å². The smallest absolute Gasteiger partial charge is 0.227 e. The van der Waals surface area contributed by atoms with Crippen LogP contribution in [0.4, 0.5) is 0 Å². The summed E-state index contributed by atoms with van der Waals surface area (Å²) in [6, 6.07) is 8.40. The predicted octanol–water partition coefficient (Wildman–Crippen LogP) is 3.83. The van der Waals surface area contributed by atoms with Crippen LogP contribution in [0.3, 0.4) is 0 Å². The van der Waals surface area contributed by atoms with Gasteiger partial charge in [-0.15, -0.1) is 0 Å². The minimum absolute atomic E-state index is 0.0783. The lowest BCUT2D eigenvalue weighted by atomic mass is 9.82. The number of hydrogen-bond donors (Lipinski definition) is 1. The number of fused-ring (bicyclic) bond motifs is 1. The number of carbonyl (C=O) groups excluding carboxylic acids is 1. The van der Waals surface area contributed by atoms with Crippen LogP contribution < -0.4 is 5.32 Å². The van der Waals surface area contributed by atoms with Crippen molar-refractivity contribution in [1.29, 1.82) is 0 Å². The van der Waals surface area contributed by atoms with E-state index in [4.69, 9.17) is 0 Å². The van der Waals surface area contributed by atoms with Gasteiger partial charge in [-0.2, -0.15) is 0 Å². The fourth-order valence-electron chi connectivity index (χ4n) is 2.76. The van der Waals surface area contributed by atoms with Gasteiger partial charge in [-0.25, -0.2) is 0 Å². The van der Waals surface area contributed by atoms with Gasteiger partial charge in [0.15, 0.2) is 0 Å². The zero-order valence-corrected chi connectivity index (χ0v) is 13.5. The third-order valence-corrected chi connectivity index (χ3v) is 4.56. The minimum Gasteiger partial charge on any atom is -0.356 e. The van der Waals surface area contributed by atoms with E-state index >= 15 is 0 Å². The molecule has 0 radical (unpaired) electrons. The average molecular weight is 371 g/mol. The summed E-state index contributed by atoms with van der Waals surface area (Å²) in [5.41, 5.74) is 2.61. The van der Waals surface area contributed by atoms with Gasteiger partial charge in [-0.05, 0) is 47.7 Å². The summed E-state index contributed by atoms with van der Waals surface area (Å²) >= 11 is 2.40. The summed E-state index contributed by atoms with van der Waals surface area (Å²) < 4.78 is 1.21. The average Bonchev–Trinajstić information content (AvgIpc) is 2.46. The Hall–Kier alpha value is -0.580. The zero-order chi connectivity index (χ0) is 13.5. The molecular weight excluding hydrogens is 349 g/mol. The Morgan fingerprint density at radius 2 is 2.11 bits per heavy atom. The quantitative estimate of drug-likeness (QED) is 0.460. The van der Waals surface area contributed by atoms with Gasteiger partial charge in [0.2, 0.25) is 5.91 Å². The summed E-state index contributed by atoms with van der Waals surface area (Å²) in [5.74, 6) is 0.302. The molecule has 0 spiro atoms. The van der Waals surface area contributed by atoms with Crippen molar-refractivity contribution in [3.8, 4) is 0 Å². The fraction of sp³-hybridized carbons (Fsp3) is 0.562. The summed E-state index contributed by atoms with van der Waals surface area (Å²) in [7, 11) is 0. The van der Waals surface area contributed by atoms with E-state index in [0.717, 1.165) is 32.2 Å². The summed E-state index contributed by atoms with van der Waals surface area (Å²) in [6.45, 7) is 0.828. The molecule has 0 heterocycles. The van der Waals surface area contributed by atoms with Gasteiger partial charge in [-0.1, -0.05) is 53.3 Å². The van der Waals surface area contributed by atoms with Crippen molar-refractivity contribution in [1.82, 2.24) is 5.32 Å². The van der Waals surface area contributed by atoms with Crippen molar-refractivity contribution in [2.24, 2.45) is 0 Å². The Bertz CT molecular complexity index is 419. The van der Waals surface area contributed by atoms with Crippen molar-refractivity contribution < 1.29 is 4.79 Å². The number of carbonyl (C=O) groups is 1. The predicted molar refractivity (Wildman–Crippen MR) is 87.9 cm³/mol. The van der Waals surface area contributed by atoms with Crippen LogP contribution in [0.2, 0.25) is 0 Å². The van der Waals surface area contributed by atoms with E-state index in [0.29, 0.717) is 0 Å². The van der Waals surface area contributed by atoms with Crippen molar-refractivity contribution in [2.75, 3.05) is 11.0 Å². The number of rotatable bonds is 6.